The van der Waals surface area contributed by atoms with E-state index < -0.39 is 6.04 Å². The van der Waals surface area contributed by atoms with Crippen LogP contribution in [0.2, 0.25) is 0 Å². The van der Waals surface area contributed by atoms with Gasteiger partial charge in [-0.1, -0.05) is 23.9 Å². The molecular formula is C14H13F2NS. The second-order valence-corrected chi connectivity index (χ2v) is 5.12. The first-order valence-corrected chi connectivity index (χ1v) is 6.37. The molecule has 0 bridgehead atoms. The lowest BCUT2D eigenvalue weighted by Gasteiger charge is -2.13. The monoisotopic (exact) mass is 265 g/mol. The van der Waals surface area contributed by atoms with Crippen LogP contribution in [0.15, 0.2) is 52.3 Å². The van der Waals surface area contributed by atoms with Crippen molar-refractivity contribution >= 4 is 11.8 Å². The molecule has 94 valence electrons. The molecule has 2 N–H and O–H groups in total. The summed E-state index contributed by atoms with van der Waals surface area (Å²) in [5.41, 5.74) is 6.24. The van der Waals surface area contributed by atoms with Crippen LogP contribution in [0.4, 0.5) is 8.78 Å². The Hall–Kier alpha value is -1.39. The molecule has 2 rings (SSSR count). The summed E-state index contributed by atoms with van der Waals surface area (Å²) in [5.74, 6) is -0.634. The fraction of sp³-hybridized carbons (Fsp3) is 0.143. The lowest BCUT2D eigenvalue weighted by Crippen LogP contribution is -2.08. The van der Waals surface area contributed by atoms with Crippen LogP contribution in [0.1, 0.15) is 18.5 Å². The van der Waals surface area contributed by atoms with E-state index in [0.29, 0.717) is 5.56 Å². The zero-order chi connectivity index (χ0) is 13.1. The summed E-state index contributed by atoms with van der Waals surface area (Å²) in [6.45, 7) is 1.73. The molecule has 0 spiro atoms. The minimum atomic E-state index is -0.401. The van der Waals surface area contributed by atoms with E-state index in [2.05, 4.69) is 0 Å². The van der Waals surface area contributed by atoms with Gasteiger partial charge in [0.1, 0.15) is 11.6 Å². The maximum absolute atomic E-state index is 13.7. The summed E-state index contributed by atoms with van der Waals surface area (Å²) < 4.78 is 26.8. The van der Waals surface area contributed by atoms with Crippen molar-refractivity contribution in [2.45, 2.75) is 22.8 Å². The first-order chi connectivity index (χ1) is 8.58. The molecule has 18 heavy (non-hydrogen) atoms. The Morgan fingerprint density at radius 2 is 1.83 bits per heavy atom. The fourth-order valence-electron chi connectivity index (χ4n) is 1.71. The molecule has 0 aliphatic rings. The largest absolute Gasteiger partial charge is 0.324 e. The van der Waals surface area contributed by atoms with Crippen molar-refractivity contribution < 1.29 is 8.78 Å². The second kappa shape index (κ2) is 5.50. The van der Waals surface area contributed by atoms with Crippen LogP contribution >= 0.6 is 11.8 Å². The lowest BCUT2D eigenvalue weighted by molar-refractivity contribution is 0.585. The highest BCUT2D eigenvalue weighted by Crippen LogP contribution is 2.34. The van der Waals surface area contributed by atoms with E-state index in [1.54, 1.807) is 31.2 Å². The van der Waals surface area contributed by atoms with E-state index in [0.717, 1.165) is 9.79 Å². The zero-order valence-corrected chi connectivity index (χ0v) is 10.7. The van der Waals surface area contributed by atoms with Gasteiger partial charge in [-0.15, -0.1) is 0 Å². The molecule has 0 aliphatic carbocycles. The number of rotatable bonds is 3. The Morgan fingerprint density at radius 1 is 1.11 bits per heavy atom. The highest BCUT2D eigenvalue weighted by molar-refractivity contribution is 7.99. The Bertz CT molecular complexity index is 555. The van der Waals surface area contributed by atoms with E-state index in [-0.39, 0.29) is 11.6 Å². The second-order valence-electron chi connectivity index (χ2n) is 4.00. The third-order valence-corrected chi connectivity index (χ3v) is 3.56. The molecule has 0 heterocycles. The van der Waals surface area contributed by atoms with Gasteiger partial charge in [-0.2, -0.15) is 0 Å². The van der Waals surface area contributed by atoms with Gasteiger partial charge in [-0.3, -0.25) is 0 Å². The van der Waals surface area contributed by atoms with E-state index in [4.69, 9.17) is 5.73 Å². The van der Waals surface area contributed by atoms with Crippen molar-refractivity contribution in [3.63, 3.8) is 0 Å². The zero-order valence-electron chi connectivity index (χ0n) is 9.86. The van der Waals surface area contributed by atoms with Crippen LogP contribution in [0.3, 0.4) is 0 Å². The van der Waals surface area contributed by atoms with Gasteiger partial charge in [-0.05, 0) is 37.3 Å². The minimum absolute atomic E-state index is 0.307. The van der Waals surface area contributed by atoms with E-state index >= 15 is 0 Å². The van der Waals surface area contributed by atoms with Crippen LogP contribution in [0.5, 0.6) is 0 Å². The van der Waals surface area contributed by atoms with Crippen LogP contribution in [0, 0.1) is 11.6 Å². The summed E-state index contributed by atoms with van der Waals surface area (Å²) in [5, 5.41) is 0. The average molecular weight is 265 g/mol. The Labute approximate surface area is 109 Å². The highest BCUT2D eigenvalue weighted by Gasteiger charge is 2.13. The predicted octanol–water partition coefficient (Wildman–Crippen LogP) is 4.14. The Balaban J connectivity index is 2.37. The van der Waals surface area contributed by atoms with E-state index in [1.807, 2.05) is 0 Å². The molecule has 0 saturated heterocycles. The van der Waals surface area contributed by atoms with Gasteiger partial charge in [-0.25, -0.2) is 8.78 Å². The summed E-state index contributed by atoms with van der Waals surface area (Å²) in [6, 6.07) is 10.6. The van der Waals surface area contributed by atoms with Crippen molar-refractivity contribution in [3.05, 3.63) is 59.7 Å². The van der Waals surface area contributed by atoms with Crippen molar-refractivity contribution in [1.82, 2.24) is 0 Å². The first kappa shape index (κ1) is 13.1. The van der Waals surface area contributed by atoms with Crippen LogP contribution in [-0.4, -0.2) is 0 Å². The molecule has 2 aromatic carbocycles. The smallest absolute Gasteiger partial charge is 0.129 e. The molecule has 0 radical (unpaired) electrons. The topological polar surface area (TPSA) is 26.0 Å². The highest BCUT2D eigenvalue weighted by atomic mass is 32.2. The predicted molar refractivity (Wildman–Crippen MR) is 69.5 cm³/mol. The quantitative estimate of drug-likeness (QED) is 0.902. The normalized spacial score (nSPS) is 12.4. The first-order valence-electron chi connectivity index (χ1n) is 5.55. The molecule has 1 unspecified atom stereocenters. The fourth-order valence-corrected chi connectivity index (χ4v) is 2.82. The maximum Gasteiger partial charge on any atom is 0.129 e. The van der Waals surface area contributed by atoms with Gasteiger partial charge in [0.2, 0.25) is 0 Å². The number of halogens is 2. The van der Waals surface area contributed by atoms with Gasteiger partial charge in [0.15, 0.2) is 0 Å². The molecule has 4 heteroatoms. The molecular weight excluding hydrogens is 252 g/mol. The molecule has 1 nitrogen and oxygen atoms in total. The molecule has 0 aliphatic heterocycles. The van der Waals surface area contributed by atoms with Gasteiger partial charge in [0.05, 0.1) is 0 Å². The van der Waals surface area contributed by atoms with Crippen molar-refractivity contribution in [1.29, 1.82) is 0 Å². The number of benzene rings is 2. The maximum atomic E-state index is 13.7. The molecule has 2 aromatic rings. The van der Waals surface area contributed by atoms with Crippen LogP contribution < -0.4 is 5.73 Å². The third-order valence-electron chi connectivity index (χ3n) is 2.49. The van der Waals surface area contributed by atoms with E-state index in [1.165, 1.54) is 30.0 Å². The van der Waals surface area contributed by atoms with Crippen molar-refractivity contribution in [2.24, 2.45) is 5.73 Å². The SMILES string of the molecule is CC(N)c1c(F)cccc1Sc1cccc(F)c1. The average Bonchev–Trinajstić information content (AvgIpc) is 2.28. The molecule has 0 amide bonds. The van der Waals surface area contributed by atoms with Gasteiger partial charge in [0, 0.05) is 21.4 Å². The standard InChI is InChI=1S/C14H13F2NS/c1-9(17)14-12(16)6-3-7-13(14)18-11-5-2-4-10(15)8-11/h2-9H,17H2,1H3. The lowest BCUT2D eigenvalue weighted by atomic mass is 10.1. The van der Waals surface area contributed by atoms with Crippen LogP contribution in [-0.2, 0) is 0 Å². The number of nitrogens with two attached hydrogens (primary N) is 1. The molecule has 0 aromatic heterocycles. The van der Waals surface area contributed by atoms with Crippen molar-refractivity contribution in [2.75, 3.05) is 0 Å². The Morgan fingerprint density at radius 3 is 2.50 bits per heavy atom. The summed E-state index contributed by atoms with van der Waals surface area (Å²) in [4.78, 5) is 1.44. The van der Waals surface area contributed by atoms with E-state index in [9.17, 15) is 8.78 Å². The summed E-state index contributed by atoms with van der Waals surface area (Å²) in [7, 11) is 0. The van der Waals surface area contributed by atoms with Gasteiger partial charge in [0.25, 0.3) is 0 Å². The van der Waals surface area contributed by atoms with Crippen LogP contribution in [0.25, 0.3) is 0 Å². The minimum Gasteiger partial charge on any atom is -0.324 e. The molecule has 0 saturated carbocycles. The molecule has 1 atom stereocenters. The summed E-state index contributed by atoms with van der Waals surface area (Å²) >= 11 is 1.31. The Kier molecular flexibility index (Phi) is 3.99. The van der Waals surface area contributed by atoms with Crippen molar-refractivity contribution in [3.8, 4) is 0 Å². The third kappa shape index (κ3) is 2.89. The number of hydrogen-bond acceptors (Lipinski definition) is 2. The summed E-state index contributed by atoms with van der Waals surface area (Å²) in [6.07, 6.45) is 0. The van der Waals surface area contributed by atoms with Gasteiger partial charge < -0.3 is 5.73 Å². The molecule has 0 fully saturated rings. The van der Waals surface area contributed by atoms with Gasteiger partial charge >= 0.3 is 0 Å². The number of hydrogen-bond donors (Lipinski definition) is 1.